The zero-order valence-corrected chi connectivity index (χ0v) is 16.5. The minimum Gasteiger partial charge on any atom is -0.454 e. The Balaban J connectivity index is 1.46. The molecule has 3 aromatic carbocycles. The van der Waals surface area contributed by atoms with Gasteiger partial charge in [0, 0.05) is 26.6 Å². The fourth-order valence-electron chi connectivity index (χ4n) is 2.55. The highest BCUT2D eigenvalue weighted by Gasteiger charge is 2.14. The summed E-state index contributed by atoms with van der Waals surface area (Å²) in [5.41, 5.74) is 1.76. The Morgan fingerprint density at radius 2 is 1.70 bits per heavy atom. The maximum Gasteiger partial charge on any atom is 0.231 e. The predicted octanol–water partition coefficient (Wildman–Crippen LogP) is 6.03. The molecule has 0 amide bonds. The molecule has 7 heteroatoms. The maximum atomic E-state index is 5.96. The molecule has 1 aliphatic heterocycles. The molecule has 0 fully saturated rings. The van der Waals surface area contributed by atoms with Crippen LogP contribution in [0.25, 0.3) is 0 Å². The summed E-state index contributed by atoms with van der Waals surface area (Å²) in [5, 5.41) is 7.66. The summed E-state index contributed by atoms with van der Waals surface area (Å²) in [6.07, 6.45) is 0. The van der Waals surface area contributed by atoms with Gasteiger partial charge in [-0.1, -0.05) is 35.5 Å². The van der Waals surface area contributed by atoms with Crippen LogP contribution in [0.15, 0.2) is 76.5 Å². The molecule has 0 aliphatic carbocycles. The standard InChI is InChI=1S/C20H15ClN2O2S2/c21-13-5-8-15(9-6-13)27-19-4-2-1-3-16(19)23-20(26)22-14-7-10-17-18(11-14)25-12-24-17/h1-11H,12H2,(H2,22,23,26). The number of ether oxygens (including phenoxy) is 2. The molecule has 0 radical (unpaired) electrons. The molecule has 1 aliphatic rings. The Morgan fingerprint density at radius 1 is 0.926 bits per heavy atom. The normalized spacial score (nSPS) is 11.9. The molecule has 2 N–H and O–H groups in total. The molecule has 0 saturated carbocycles. The summed E-state index contributed by atoms with van der Waals surface area (Å²) in [6, 6.07) is 21.4. The summed E-state index contributed by atoms with van der Waals surface area (Å²) in [7, 11) is 0. The van der Waals surface area contributed by atoms with Crippen LogP contribution < -0.4 is 20.1 Å². The van der Waals surface area contributed by atoms with E-state index in [9.17, 15) is 0 Å². The van der Waals surface area contributed by atoms with Crippen LogP contribution in [0.1, 0.15) is 0 Å². The number of para-hydroxylation sites is 1. The van der Waals surface area contributed by atoms with E-state index in [0.29, 0.717) is 10.9 Å². The van der Waals surface area contributed by atoms with E-state index in [0.717, 1.165) is 31.9 Å². The van der Waals surface area contributed by atoms with Crippen LogP contribution in [0.5, 0.6) is 11.5 Å². The lowest BCUT2D eigenvalue weighted by molar-refractivity contribution is 0.174. The number of hydrogen-bond acceptors (Lipinski definition) is 4. The highest BCUT2D eigenvalue weighted by atomic mass is 35.5. The van der Waals surface area contributed by atoms with Crippen LogP contribution >= 0.6 is 35.6 Å². The third-order valence-corrected chi connectivity index (χ3v) is 5.35. The molecule has 0 atom stereocenters. The number of rotatable bonds is 4. The molecule has 0 aromatic heterocycles. The van der Waals surface area contributed by atoms with Gasteiger partial charge >= 0.3 is 0 Å². The van der Waals surface area contributed by atoms with E-state index < -0.39 is 0 Å². The number of nitrogens with one attached hydrogen (secondary N) is 2. The first kappa shape index (κ1) is 18.0. The Hall–Kier alpha value is -2.41. The van der Waals surface area contributed by atoms with Gasteiger partial charge in [0.15, 0.2) is 16.6 Å². The summed E-state index contributed by atoms with van der Waals surface area (Å²) >= 11 is 13.1. The predicted molar refractivity (Wildman–Crippen MR) is 114 cm³/mol. The van der Waals surface area contributed by atoms with Gasteiger partial charge in [-0.05, 0) is 60.7 Å². The van der Waals surface area contributed by atoms with Gasteiger partial charge in [0.1, 0.15) is 0 Å². The monoisotopic (exact) mass is 414 g/mol. The molecule has 0 spiro atoms. The number of halogens is 1. The third kappa shape index (κ3) is 4.47. The molecule has 0 unspecified atom stereocenters. The zero-order chi connectivity index (χ0) is 18.6. The molecule has 3 aromatic rings. The van der Waals surface area contributed by atoms with Crippen LogP contribution in [0.2, 0.25) is 5.02 Å². The van der Waals surface area contributed by atoms with Crippen molar-refractivity contribution in [2.24, 2.45) is 0 Å². The fraction of sp³-hybridized carbons (Fsp3) is 0.0500. The highest BCUT2D eigenvalue weighted by molar-refractivity contribution is 7.99. The number of anilines is 2. The molecule has 4 rings (SSSR count). The lowest BCUT2D eigenvalue weighted by Crippen LogP contribution is -2.19. The van der Waals surface area contributed by atoms with Crippen molar-refractivity contribution in [2.45, 2.75) is 9.79 Å². The summed E-state index contributed by atoms with van der Waals surface area (Å²) in [4.78, 5) is 2.16. The van der Waals surface area contributed by atoms with Crippen molar-refractivity contribution in [2.75, 3.05) is 17.4 Å². The van der Waals surface area contributed by atoms with Crippen molar-refractivity contribution in [1.82, 2.24) is 0 Å². The van der Waals surface area contributed by atoms with E-state index in [-0.39, 0.29) is 6.79 Å². The summed E-state index contributed by atoms with van der Waals surface area (Å²) < 4.78 is 10.7. The molecular weight excluding hydrogens is 400 g/mol. The summed E-state index contributed by atoms with van der Waals surface area (Å²) in [6.45, 7) is 0.247. The minimum absolute atomic E-state index is 0.247. The second kappa shape index (κ2) is 8.08. The van der Waals surface area contributed by atoms with Gasteiger partial charge < -0.3 is 20.1 Å². The smallest absolute Gasteiger partial charge is 0.231 e. The first-order valence-electron chi connectivity index (χ1n) is 8.17. The quantitative estimate of drug-likeness (QED) is 0.508. The minimum atomic E-state index is 0.247. The first-order valence-corrected chi connectivity index (χ1v) is 9.78. The number of fused-ring (bicyclic) bond motifs is 1. The molecule has 136 valence electrons. The van der Waals surface area contributed by atoms with Crippen LogP contribution in [0.3, 0.4) is 0 Å². The number of benzene rings is 3. The van der Waals surface area contributed by atoms with Gasteiger partial charge in [0.05, 0.1) is 5.69 Å². The zero-order valence-electron chi connectivity index (χ0n) is 14.1. The topological polar surface area (TPSA) is 42.5 Å². The number of hydrogen-bond donors (Lipinski definition) is 2. The molecule has 4 nitrogen and oxygen atoms in total. The van der Waals surface area contributed by atoms with Crippen LogP contribution in [-0.4, -0.2) is 11.9 Å². The highest BCUT2D eigenvalue weighted by Crippen LogP contribution is 2.35. The van der Waals surface area contributed by atoms with Crippen molar-refractivity contribution in [3.8, 4) is 11.5 Å². The molecule has 0 saturated heterocycles. The fourth-order valence-corrected chi connectivity index (χ4v) is 3.80. The van der Waals surface area contributed by atoms with Gasteiger partial charge in [0.2, 0.25) is 6.79 Å². The lowest BCUT2D eigenvalue weighted by atomic mass is 10.3. The molecule has 1 heterocycles. The van der Waals surface area contributed by atoms with Gasteiger partial charge in [0.25, 0.3) is 0 Å². The van der Waals surface area contributed by atoms with Crippen LogP contribution in [-0.2, 0) is 0 Å². The van der Waals surface area contributed by atoms with E-state index in [1.165, 1.54) is 0 Å². The maximum absolute atomic E-state index is 5.96. The average molecular weight is 415 g/mol. The Labute approximate surface area is 171 Å². The van der Waals surface area contributed by atoms with Crippen LogP contribution in [0.4, 0.5) is 11.4 Å². The van der Waals surface area contributed by atoms with E-state index >= 15 is 0 Å². The first-order chi connectivity index (χ1) is 13.2. The average Bonchev–Trinajstić information content (AvgIpc) is 3.13. The number of thiocarbonyl (C=S) groups is 1. The van der Waals surface area contributed by atoms with Gasteiger partial charge in [-0.3, -0.25) is 0 Å². The Bertz CT molecular complexity index is 980. The van der Waals surface area contributed by atoms with Crippen molar-refractivity contribution in [3.05, 3.63) is 71.8 Å². The third-order valence-electron chi connectivity index (χ3n) is 3.81. The van der Waals surface area contributed by atoms with Gasteiger partial charge in [-0.15, -0.1) is 0 Å². The second-order valence-electron chi connectivity index (χ2n) is 5.70. The van der Waals surface area contributed by atoms with E-state index in [2.05, 4.69) is 10.6 Å². The molecular formula is C20H15ClN2O2S2. The van der Waals surface area contributed by atoms with Gasteiger partial charge in [-0.2, -0.15) is 0 Å². The van der Waals surface area contributed by atoms with Crippen molar-refractivity contribution in [1.29, 1.82) is 0 Å². The van der Waals surface area contributed by atoms with E-state index in [1.54, 1.807) is 11.8 Å². The van der Waals surface area contributed by atoms with E-state index in [4.69, 9.17) is 33.3 Å². The second-order valence-corrected chi connectivity index (χ2v) is 7.66. The van der Waals surface area contributed by atoms with Crippen LogP contribution in [0, 0.1) is 0 Å². The largest absolute Gasteiger partial charge is 0.454 e. The Kier molecular flexibility index (Phi) is 5.38. The van der Waals surface area contributed by atoms with E-state index in [1.807, 2.05) is 66.7 Å². The van der Waals surface area contributed by atoms with Crippen molar-refractivity contribution in [3.63, 3.8) is 0 Å². The molecule has 27 heavy (non-hydrogen) atoms. The SMILES string of the molecule is S=C(Nc1ccc2c(c1)OCO2)Nc1ccccc1Sc1ccc(Cl)cc1. The lowest BCUT2D eigenvalue weighted by Gasteiger charge is -2.14. The Morgan fingerprint density at radius 3 is 2.56 bits per heavy atom. The van der Waals surface area contributed by atoms with Crippen molar-refractivity contribution >= 4 is 52.1 Å². The summed E-state index contributed by atoms with van der Waals surface area (Å²) in [5.74, 6) is 1.45. The van der Waals surface area contributed by atoms with Crippen molar-refractivity contribution < 1.29 is 9.47 Å². The van der Waals surface area contributed by atoms with Gasteiger partial charge in [-0.25, -0.2) is 0 Å². The molecule has 0 bridgehead atoms.